The van der Waals surface area contributed by atoms with Crippen LogP contribution in [0.3, 0.4) is 0 Å². The Kier molecular flexibility index (Phi) is 4.24. The summed E-state index contributed by atoms with van der Waals surface area (Å²) in [6.07, 6.45) is 0. The summed E-state index contributed by atoms with van der Waals surface area (Å²) in [5.41, 5.74) is 1.74. The van der Waals surface area contributed by atoms with Gasteiger partial charge >= 0.3 is 0 Å². The van der Waals surface area contributed by atoms with Gasteiger partial charge in [-0.25, -0.2) is 0 Å². The summed E-state index contributed by atoms with van der Waals surface area (Å²) in [5.74, 6) is 1.53. The quantitative estimate of drug-likeness (QED) is 0.523. The highest BCUT2D eigenvalue weighted by Crippen LogP contribution is 2.27. The molecule has 3 aromatic rings. The first-order valence-corrected chi connectivity index (χ1v) is 7.31. The maximum atomic E-state index is 10.7. The summed E-state index contributed by atoms with van der Waals surface area (Å²) in [6, 6.07) is 13.7. The minimum absolute atomic E-state index is 0.0513. The summed E-state index contributed by atoms with van der Waals surface area (Å²) in [5, 5.41) is 14.7. The Hall–Kier alpha value is -3.22. The van der Waals surface area contributed by atoms with E-state index in [1.54, 1.807) is 19.2 Å². The van der Waals surface area contributed by atoms with Crippen molar-refractivity contribution in [1.82, 2.24) is 10.1 Å². The molecule has 2 aromatic carbocycles. The number of nitrogens with zero attached hydrogens (tertiary/aromatic N) is 3. The third kappa shape index (κ3) is 3.10. The van der Waals surface area contributed by atoms with Crippen molar-refractivity contribution >= 4 is 5.69 Å². The number of aromatic nitrogens is 2. The Labute approximate surface area is 138 Å². The van der Waals surface area contributed by atoms with Crippen LogP contribution in [0.25, 0.3) is 11.4 Å². The van der Waals surface area contributed by atoms with E-state index in [0.29, 0.717) is 11.7 Å². The Morgan fingerprint density at radius 2 is 1.79 bits per heavy atom. The molecule has 0 fully saturated rings. The number of benzene rings is 2. The SMILES string of the molecule is COc1ccc(-c2noc(C(C)c3ccc([N+](=O)[O-])cc3)n2)cc1. The lowest BCUT2D eigenvalue weighted by atomic mass is 10.0. The van der Waals surface area contributed by atoms with Crippen molar-refractivity contribution in [2.24, 2.45) is 0 Å². The number of nitro groups is 1. The van der Waals surface area contributed by atoms with Crippen molar-refractivity contribution in [3.8, 4) is 17.1 Å². The molecular weight excluding hydrogens is 310 g/mol. The molecule has 0 radical (unpaired) electrons. The van der Waals surface area contributed by atoms with Crippen LogP contribution in [0.5, 0.6) is 5.75 Å². The number of rotatable bonds is 5. The molecule has 122 valence electrons. The second-order valence-corrected chi connectivity index (χ2v) is 5.26. The number of nitro benzene ring substituents is 1. The molecule has 0 saturated carbocycles. The minimum Gasteiger partial charge on any atom is -0.497 e. The van der Waals surface area contributed by atoms with Gasteiger partial charge in [-0.3, -0.25) is 10.1 Å². The van der Waals surface area contributed by atoms with E-state index >= 15 is 0 Å². The maximum Gasteiger partial charge on any atom is 0.269 e. The summed E-state index contributed by atoms with van der Waals surface area (Å²) in [7, 11) is 1.60. The Morgan fingerprint density at radius 1 is 1.12 bits per heavy atom. The van der Waals surface area contributed by atoms with Gasteiger partial charge in [-0.15, -0.1) is 0 Å². The number of non-ortho nitro benzene ring substituents is 1. The van der Waals surface area contributed by atoms with Crippen molar-refractivity contribution in [1.29, 1.82) is 0 Å². The van der Waals surface area contributed by atoms with Gasteiger partial charge in [-0.1, -0.05) is 17.3 Å². The normalized spacial score (nSPS) is 11.9. The van der Waals surface area contributed by atoms with E-state index in [9.17, 15) is 10.1 Å². The molecule has 0 aliphatic rings. The Morgan fingerprint density at radius 3 is 2.38 bits per heavy atom. The fourth-order valence-electron chi connectivity index (χ4n) is 2.30. The molecule has 0 N–H and O–H groups in total. The molecule has 1 aromatic heterocycles. The highest BCUT2D eigenvalue weighted by molar-refractivity contribution is 5.55. The largest absolute Gasteiger partial charge is 0.497 e. The van der Waals surface area contributed by atoms with Gasteiger partial charge in [0.15, 0.2) is 0 Å². The maximum absolute atomic E-state index is 10.7. The van der Waals surface area contributed by atoms with Gasteiger partial charge in [0, 0.05) is 17.7 Å². The number of hydrogen-bond acceptors (Lipinski definition) is 6. The molecule has 0 spiro atoms. The third-order valence-electron chi connectivity index (χ3n) is 3.76. The molecule has 0 amide bonds. The van der Waals surface area contributed by atoms with Crippen molar-refractivity contribution in [2.75, 3.05) is 7.11 Å². The first kappa shape index (κ1) is 15.7. The highest BCUT2D eigenvalue weighted by Gasteiger charge is 2.18. The molecule has 7 nitrogen and oxygen atoms in total. The number of methoxy groups -OCH3 is 1. The van der Waals surface area contributed by atoms with Crippen molar-refractivity contribution in [3.63, 3.8) is 0 Å². The number of hydrogen-bond donors (Lipinski definition) is 0. The second-order valence-electron chi connectivity index (χ2n) is 5.26. The van der Waals surface area contributed by atoms with Crippen molar-refractivity contribution in [2.45, 2.75) is 12.8 Å². The predicted octanol–water partition coefficient (Wildman–Crippen LogP) is 3.81. The van der Waals surface area contributed by atoms with Crippen LogP contribution in [0.2, 0.25) is 0 Å². The summed E-state index contributed by atoms with van der Waals surface area (Å²) >= 11 is 0. The molecule has 0 aliphatic heterocycles. The Balaban J connectivity index is 1.82. The van der Waals surface area contributed by atoms with Crippen LogP contribution in [-0.4, -0.2) is 22.2 Å². The first-order valence-electron chi connectivity index (χ1n) is 7.31. The summed E-state index contributed by atoms with van der Waals surface area (Å²) < 4.78 is 10.5. The van der Waals surface area contributed by atoms with Crippen LogP contribution in [0.1, 0.15) is 24.3 Å². The van der Waals surface area contributed by atoms with Gasteiger partial charge in [0.2, 0.25) is 11.7 Å². The molecule has 24 heavy (non-hydrogen) atoms. The Bertz CT molecular complexity index is 841. The lowest BCUT2D eigenvalue weighted by Gasteiger charge is -2.05. The van der Waals surface area contributed by atoms with E-state index in [-0.39, 0.29) is 11.6 Å². The molecule has 1 heterocycles. The average Bonchev–Trinajstić information content (AvgIpc) is 3.11. The lowest BCUT2D eigenvalue weighted by Crippen LogP contribution is -1.97. The zero-order valence-corrected chi connectivity index (χ0v) is 13.2. The van der Waals surface area contributed by atoms with E-state index in [1.807, 2.05) is 31.2 Å². The van der Waals surface area contributed by atoms with Crippen LogP contribution in [0.15, 0.2) is 53.1 Å². The topological polar surface area (TPSA) is 91.3 Å². The van der Waals surface area contributed by atoms with E-state index in [2.05, 4.69) is 10.1 Å². The zero-order chi connectivity index (χ0) is 17.1. The molecular formula is C17H15N3O4. The molecule has 0 bridgehead atoms. The van der Waals surface area contributed by atoms with Gasteiger partial charge in [0.05, 0.1) is 18.0 Å². The molecule has 3 rings (SSSR count). The summed E-state index contributed by atoms with van der Waals surface area (Å²) in [6.45, 7) is 1.91. The smallest absolute Gasteiger partial charge is 0.269 e. The molecule has 0 aliphatic carbocycles. The monoisotopic (exact) mass is 325 g/mol. The van der Waals surface area contributed by atoms with Crippen molar-refractivity contribution < 1.29 is 14.2 Å². The molecule has 7 heteroatoms. The minimum atomic E-state index is -0.428. The van der Waals surface area contributed by atoms with E-state index in [0.717, 1.165) is 16.9 Å². The lowest BCUT2D eigenvalue weighted by molar-refractivity contribution is -0.384. The van der Waals surface area contributed by atoms with Crippen LogP contribution in [0.4, 0.5) is 5.69 Å². The van der Waals surface area contributed by atoms with Crippen LogP contribution in [0, 0.1) is 10.1 Å². The molecule has 1 atom stereocenters. The van der Waals surface area contributed by atoms with Gasteiger partial charge in [-0.2, -0.15) is 4.98 Å². The standard InChI is InChI=1S/C17H15N3O4/c1-11(12-3-7-14(8-4-12)20(21)22)17-18-16(19-24-17)13-5-9-15(23-2)10-6-13/h3-11H,1-2H3. The fraction of sp³-hybridized carbons (Fsp3) is 0.176. The van der Waals surface area contributed by atoms with Gasteiger partial charge in [-0.05, 0) is 36.8 Å². The van der Waals surface area contributed by atoms with Crippen LogP contribution >= 0.6 is 0 Å². The third-order valence-corrected chi connectivity index (χ3v) is 3.76. The fourth-order valence-corrected chi connectivity index (χ4v) is 2.30. The van der Waals surface area contributed by atoms with Crippen molar-refractivity contribution in [3.05, 3.63) is 70.1 Å². The average molecular weight is 325 g/mol. The highest BCUT2D eigenvalue weighted by atomic mass is 16.6. The second kappa shape index (κ2) is 6.49. The van der Waals surface area contributed by atoms with E-state index < -0.39 is 4.92 Å². The van der Waals surface area contributed by atoms with E-state index in [1.165, 1.54) is 12.1 Å². The van der Waals surface area contributed by atoms with Crippen LogP contribution in [-0.2, 0) is 0 Å². The van der Waals surface area contributed by atoms with Gasteiger partial charge in [0.25, 0.3) is 5.69 Å². The number of ether oxygens (including phenoxy) is 1. The molecule has 0 saturated heterocycles. The molecule has 1 unspecified atom stereocenters. The predicted molar refractivity (Wildman–Crippen MR) is 86.9 cm³/mol. The van der Waals surface area contributed by atoms with Gasteiger partial charge < -0.3 is 9.26 Å². The van der Waals surface area contributed by atoms with Crippen LogP contribution < -0.4 is 4.74 Å². The first-order chi connectivity index (χ1) is 11.6. The van der Waals surface area contributed by atoms with Gasteiger partial charge in [0.1, 0.15) is 5.75 Å². The van der Waals surface area contributed by atoms with E-state index in [4.69, 9.17) is 9.26 Å². The summed E-state index contributed by atoms with van der Waals surface area (Å²) in [4.78, 5) is 14.7. The zero-order valence-electron chi connectivity index (χ0n) is 13.2.